The molecule has 1 atom stereocenters. The first kappa shape index (κ1) is 13.6. The molecule has 0 saturated heterocycles. The lowest BCUT2D eigenvalue weighted by molar-refractivity contribution is -0.00144. The van der Waals surface area contributed by atoms with E-state index in [1.165, 1.54) is 5.56 Å². The maximum Gasteiger partial charge on any atom is 0.136 e. The smallest absolute Gasteiger partial charge is 0.136 e. The van der Waals surface area contributed by atoms with E-state index in [0.717, 1.165) is 11.3 Å². The third-order valence-electron chi connectivity index (χ3n) is 3.15. The van der Waals surface area contributed by atoms with Crippen LogP contribution in [0, 0.1) is 6.92 Å². The fraction of sp³-hybridized carbons (Fsp3) is 0.250. The van der Waals surface area contributed by atoms with Gasteiger partial charge in [0, 0.05) is 6.54 Å². The molecule has 0 aliphatic rings. The van der Waals surface area contributed by atoms with Crippen molar-refractivity contribution < 1.29 is 9.84 Å². The number of ether oxygens (including phenoxy) is 1. The fourth-order valence-corrected chi connectivity index (χ4v) is 1.85. The van der Waals surface area contributed by atoms with Crippen LogP contribution < -0.4 is 10.5 Å². The first-order valence-electron chi connectivity index (χ1n) is 6.31. The van der Waals surface area contributed by atoms with Crippen LogP contribution in [-0.4, -0.2) is 18.3 Å². The van der Waals surface area contributed by atoms with Gasteiger partial charge in [-0.2, -0.15) is 0 Å². The number of nitrogens with two attached hydrogens (primary N) is 1. The van der Waals surface area contributed by atoms with Gasteiger partial charge in [-0.3, -0.25) is 0 Å². The van der Waals surface area contributed by atoms with Crippen LogP contribution in [0.1, 0.15) is 11.1 Å². The van der Waals surface area contributed by atoms with Gasteiger partial charge in [-0.15, -0.1) is 0 Å². The summed E-state index contributed by atoms with van der Waals surface area (Å²) in [6.45, 7) is 2.27. The molecule has 0 aliphatic carbocycles. The lowest BCUT2D eigenvalue weighted by atomic mass is 9.95. The van der Waals surface area contributed by atoms with Crippen molar-refractivity contribution in [2.24, 2.45) is 5.73 Å². The Bertz CT molecular complexity index is 510. The minimum atomic E-state index is -1.16. The van der Waals surface area contributed by atoms with Gasteiger partial charge in [-0.05, 0) is 24.6 Å². The molecule has 0 spiro atoms. The monoisotopic (exact) mass is 257 g/mol. The van der Waals surface area contributed by atoms with Gasteiger partial charge in [-0.1, -0.05) is 48.0 Å². The number of aliphatic hydroxyl groups is 1. The summed E-state index contributed by atoms with van der Waals surface area (Å²) in [7, 11) is 0. The molecule has 0 heterocycles. The number of rotatable bonds is 5. The van der Waals surface area contributed by atoms with Crippen LogP contribution in [0.3, 0.4) is 0 Å². The van der Waals surface area contributed by atoms with Gasteiger partial charge in [0.1, 0.15) is 18.0 Å². The summed E-state index contributed by atoms with van der Waals surface area (Å²) in [5.74, 6) is 0.730. The molecule has 2 rings (SSSR count). The lowest BCUT2D eigenvalue weighted by Gasteiger charge is -2.27. The van der Waals surface area contributed by atoms with Crippen molar-refractivity contribution in [2.75, 3.05) is 13.2 Å². The van der Waals surface area contributed by atoms with Crippen LogP contribution in [0.5, 0.6) is 5.75 Å². The van der Waals surface area contributed by atoms with E-state index in [1.54, 1.807) is 0 Å². The molecule has 0 fully saturated rings. The predicted molar refractivity (Wildman–Crippen MR) is 76.1 cm³/mol. The molecule has 3 N–H and O–H groups in total. The van der Waals surface area contributed by atoms with Gasteiger partial charge in [0.15, 0.2) is 0 Å². The fourth-order valence-electron chi connectivity index (χ4n) is 1.85. The van der Waals surface area contributed by atoms with E-state index in [4.69, 9.17) is 10.5 Å². The van der Waals surface area contributed by atoms with Gasteiger partial charge < -0.3 is 15.6 Å². The van der Waals surface area contributed by atoms with Crippen LogP contribution in [0.15, 0.2) is 54.6 Å². The molecule has 0 amide bonds. The average Bonchev–Trinajstić information content (AvgIpc) is 2.47. The minimum Gasteiger partial charge on any atom is -0.490 e. The van der Waals surface area contributed by atoms with Gasteiger partial charge in [0.2, 0.25) is 0 Å². The van der Waals surface area contributed by atoms with Gasteiger partial charge >= 0.3 is 0 Å². The molecule has 0 saturated carbocycles. The van der Waals surface area contributed by atoms with E-state index in [0.29, 0.717) is 0 Å². The van der Waals surface area contributed by atoms with Crippen molar-refractivity contribution in [3.8, 4) is 5.75 Å². The molecule has 0 bridgehead atoms. The number of benzene rings is 2. The molecule has 3 nitrogen and oxygen atoms in total. The van der Waals surface area contributed by atoms with Crippen LogP contribution in [-0.2, 0) is 5.60 Å². The highest BCUT2D eigenvalue weighted by molar-refractivity contribution is 5.27. The second kappa shape index (κ2) is 5.87. The Balaban J connectivity index is 2.09. The third-order valence-corrected chi connectivity index (χ3v) is 3.15. The molecule has 1 unspecified atom stereocenters. The van der Waals surface area contributed by atoms with Crippen molar-refractivity contribution in [3.05, 3.63) is 65.7 Å². The highest BCUT2D eigenvalue weighted by atomic mass is 16.5. The lowest BCUT2D eigenvalue weighted by Crippen LogP contribution is -2.40. The molecule has 19 heavy (non-hydrogen) atoms. The van der Waals surface area contributed by atoms with Crippen LogP contribution in [0.4, 0.5) is 0 Å². The summed E-state index contributed by atoms with van der Waals surface area (Å²) in [4.78, 5) is 0. The summed E-state index contributed by atoms with van der Waals surface area (Å²) in [5, 5.41) is 10.6. The Kier molecular flexibility index (Phi) is 4.20. The van der Waals surface area contributed by atoms with E-state index >= 15 is 0 Å². The highest BCUT2D eigenvalue weighted by Gasteiger charge is 2.28. The van der Waals surface area contributed by atoms with Crippen molar-refractivity contribution in [1.82, 2.24) is 0 Å². The Morgan fingerprint density at radius 1 is 1.05 bits per heavy atom. The summed E-state index contributed by atoms with van der Waals surface area (Å²) in [5.41, 5.74) is 6.48. The van der Waals surface area contributed by atoms with Crippen molar-refractivity contribution in [3.63, 3.8) is 0 Å². The van der Waals surface area contributed by atoms with E-state index in [2.05, 4.69) is 0 Å². The second-order valence-corrected chi connectivity index (χ2v) is 4.70. The number of aryl methyl sites for hydroxylation is 1. The Morgan fingerprint density at radius 3 is 2.26 bits per heavy atom. The maximum atomic E-state index is 10.6. The van der Waals surface area contributed by atoms with E-state index in [-0.39, 0.29) is 13.2 Å². The zero-order valence-corrected chi connectivity index (χ0v) is 11.0. The first-order valence-corrected chi connectivity index (χ1v) is 6.31. The molecule has 3 heteroatoms. The zero-order valence-electron chi connectivity index (χ0n) is 11.0. The van der Waals surface area contributed by atoms with Crippen molar-refractivity contribution in [1.29, 1.82) is 0 Å². The van der Waals surface area contributed by atoms with Gasteiger partial charge in [0.25, 0.3) is 0 Å². The molecule has 0 radical (unpaired) electrons. The van der Waals surface area contributed by atoms with Crippen LogP contribution in [0.25, 0.3) is 0 Å². The maximum absolute atomic E-state index is 10.6. The normalized spacial score (nSPS) is 13.8. The topological polar surface area (TPSA) is 55.5 Å². The molecule has 2 aromatic carbocycles. The third kappa shape index (κ3) is 3.34. The highest BCUT2D eigenvalue weighted by Crippen LogP contribution is 2.22. The van der Waals surface area contributed by atoms with E-state index < -0.39 is 5.60 Å². The minimum absolute atomic E-state index is 0.114. The number of hydrogen-bond donors (Lipinski definition) is 2. The SMILES string of the molecule is Cc1ccc(OCC(O)(CN)c2ccccc2)cc1. The van der Waals surface area contributed by atoms with Crippen LogP contribution in [0.2, 0.25) is 0 Å². The summed E-state index contributed by atoms with van der Waals surface area (Å²) < 4.78 is 5.64. The predicted octanol–water partition coefficient (Wildman–Crippen LogP) is 2.22. The average molecular weight is 257 g/mol. The summed E-state index contributed by atoms with van der Waals surface area (Å²) >= 11 is 0. The van der Waals surface area contributed by atoms with E-state index in [1.807, 2.05) is 61.5 Å². The summed E-state index contributed by atoms with van der Waals surface area (Å²) in [6.07, 6.45) is 0. The molecular formula is C16H19NO2. The number of hydrogen-bond acceptors (Lipinski definition) is 3. The molecule has 2 aromatic rings. The van der Waals surface area contributed by atoms with Gasteiger partial charge in [-0.25, -0.2) is 0 Å². The molecule has 0 aromatic heterocycles. The first-order chi connectivity index (χ1) is 9.14. The van der Waals surface area contributed by atoms with Crippen LogP contribution >= 0.6 is 0 Å². The Morgan fingerprint density at radius 2 is 1.68 bits per heavy atom. The molecule has 100 valence electrons. The summed E-state index contributed by atoms with van der Waals surface area (Å²) in [6, 6.07) is 17.1. The largest absolute Gasteiger partial charge is 0.490 e. The molecular weight excluding hydrogens is 238 g/mol. The Hall–Kier alpha value is -1.84. The quantitative estimate of drug-likeness (QED) is 0.863. The van der Waals surface area contributed by atoms with Crippen molar-refractivity contribution in [2.45, 2.75) is 12.5 Å². The van der Waals surface area contributed by atoms with E-state index in [9.17, 15) is 5.11 Å². The molecule has 0 aliphatic heterocycles. The standard InChI is InChI=1S/C16H19NO2/c1-13-7-9-15(10-8-13)19-12-16(18,11-17)14-5-3-2-4-6-14/h2-10,18H,11-12,17H2,1H3. The van der Waals surface area contributed by atoms with Gasteiger partial charge in [0.05, 0.1) is 0 Å². The zero-order chi connectivity index (χ0) is 13.7. The second-order valence-electron chi connectivity index (χ2n) is 4.70. The Labute approximate surface area is 113 Å². The van der Waals surface area contributed by atoms with Crippen molar-refractivity contribution >= 4 is 0 Å².